The van der Waals surface area contributed by atoms with Gasteiger partial charge in [-0.25, -0.2) is 9.97 Å². The van der Waals surface area contributed by atoms with Crippen molar-refractivity contribution in [2.24, 2.45) is 0 Å². The van der Waals surface area contributed by atoms with Crippen LogP contribution >= 0.6 is 0 Å². The molecule has 0 spiro atoms. The van der Waals surface area contributed by atoms with Gasteiger partial charge < -0.3 is 0 Å². The van der Waals surface area contributed by atoms with Crippen LogP contribution in [0.15, 0.2) is 6.33 Å². The third-order valence-corrected chi connectivity index (χ3v) is 1.83. The molecule has 0 atom stereocenters. The molecule has 0 unspecified atom stereocenters. The zero-order chi connectivity index (χ0) is 9.84. The van der Waals surface area contributed by atoms with Crippen LogP contribution in [0.2, 0.25) is 0 Å². The van der Waals surface area contributed by atoms with E-state index in [4.69, 9.17) is 0 Å². The lowest BCUT2D eigenvalue weighted by Gasteiger charge is -2.01. The second-order valence-corrected chi connectivity index (χ2v) is 2.58. The summed E-state index contributed by atoms with van der Waals surface area (Å²) in [7, 11) is 0. The first kappa shape index (κ1) is 9.57. The summed E-state index contributed by atoms with van der Waals surface area (Å²) in [4.78, 5) is 18.0. The maximum Gasteiger partial charge on any atom is 0.311 e. The Kier molecular flexibility index (Phi) is 2.89. The first-order valence-electron chi connectivity index (χ1n) is 4.17. The lowest BCUT2D eigenvalue weighted by atomic mass is 10.2. The van der Waals surface area contributed by atoms with Gasteiger partial charge in [-0.05, 0) is 12.8 Å². The highest BCUT2D eigenvalue weighted by molar-refractivity contribution is 5.39. The van der Waals surface area contributed by atoms with Gasteiger partial charge in [-0.2, -0.15) is 0 Å². The Morgan fingerprint density at radius 3 is 2.08 bits per heavy atom. The molecule has 0 aliphatic carbocycles. The number of hydrogen-bond donors (Lipinski definition) is 0. The van der Waals surface area contributed by atoms with Gasteiger partial charge in [-0.1, -0.05) is 13.8 Å². The second kappa shape index (κ2) is 3.93. The summed E-state index contributed by atoms with van der Waals surface area (Å²) in [6, 6.07) is 0. The lowest BCUT2D eigenvalue weighted by Crippen LogP contribution is -2.03. The smallest absolute Gasteiger partial charge is 0.258 e. The third-order valence-electron chi connectivity index (χ3n) is 1.83. The number of rotatable bonds is 3. The van der Waals surface area contributed by atoms with E-state index < -0.39 is 4.92 Å². The van der Waals surface area contributed by atoms with Gasteiger partial charge in [-0.15, -0.1) is 0 Å². The van der Waals surface area contributed by atoms with Crippen molar-refractivity contribution in [1.29, 1.82) is 0 Å². The molecule has 0 aromatic carbocycles. The summed E-state index contributed by atoms with van der Waals surface area (Å²) in [5.74, 6) is 0. The summed E-state index contributed by atoms with van der Waals surface area (Å²) in [6.07, 6.45) is 2.50. The quantitative estimate of drug-likeness (QED) is 0.523. The summed E-state index contributed by atoms with van der Waals surface area (Å²) < 4.78 is 0. The molecule has 1 aromatic rings. The van der Waals surface area contributed by atoms with Gasteiger partial charge in [0.25, 0.3) is 0 Å². The molecule has 0 amide bonds. The molecule has 70 valence electrons. The monoisotopic (exact) mass is 181 g/mol. The van der Waals surface area contributed by atoms with Crippen molar-refractivity contribution in [3.63, 3.8) is 0 Å². The van der Waals surface area contributed by atoms with Crippen LogP contribution in [0.1, 0.15) is 25.2 Å². The van der Waals surface area contributed by atoms with Crippen molar-refractivity contribution in [3.05, 3.63) is 27.8 Å². The van der Waals surface area contributed by atoms with E-state index in [0.717, 1.165) is 0 Å². The van der Waals surface area contributed by atoms with Crippen molar-refractivity contribution in [1.82, 2.24) is 9.97 Å². The largest absolute Gasteiger partial charge is 0.311 e. The van der Waals surface area contributed by atoms with Gasteiger partial charge in [0.1, 0.15) is 17.7 Å². The van der Waals surface area contributed by atoms with E-state index in [1.165, 1.54) is 6.33 Å². The van der Waals surface area contributed by atoms with Crippen molar-refractivity contribution in [3.8, 4) is 0 Å². The van der Waals surface area contributed by atoms with E-state index in [0.29, 0.717) is 24.2 Å². The molecule has 1 heterocycles. The first-order chi connectivity index (χ1) is 6.20. The van der Waals surface area contributed by atoms with Crippen LogP contribution in [0.4, 0.5) is 5.69 Å². The minimum atomic E-state index is -0.405. The molecule has 1 rings (SSSR count). The standard InChI is InChI=1S/C8H11N3O2/c1-3-6-8(11(12)13)7(4-2)10-5-9-6/h5H,3-4H2,1-2H3. The predicted molar refractivity (Wildman–Crippen MR) is 47.4 cm³/mol. The topological polar surface area (TPSA) is 68.9 Å². The van der Waals surface area contributed by atoms with E-state index >= 15 is 0 Å². The number of nitro groups is 1. The molecule has 5 heteroatoms. The van der Waals surface area contributed by atoms with E-state index in [1.807, 2.05) is 13.8 Å². The minimum Gasteiger partial charge on any atom is -0.258 e. The zero-order valence-corrected chi connectivity index (χ0v) is 7.65. The maximum atomic E-state index is 10.7. The average Bonchev–Trinajstić information content (AvgIpc) is 2.16. The second-order valence-electron chi connectivity index (χ2n) is 2.58. The fraction of sp³-hybridized carbons (Fsp3) is 0.500. The number of hydrogen-bond acceptors (Lipinski definition) is 4. The zero-order valence-electron chi connectivity index (χ0n) is 7.65. The number of aryl methyl sites for hydroxylation is 2. The molecular formula is C8H11N3O2. The highest BCUT2D eigenvalue weighted by atomic mass is 16.6. The molecule has 0 aliphatic heterocycles. The number of aromatic nitrogens is 2. The van der Waals surface area contributed by atoms with Crippen LogP contribution in [0.25, 0.3) is 0 Å². The molecule has 0 fully saturated rings. The van der Waals surface area contributed by atoms with E-state index in [-0.39, 0.29) is 5.69 Å². The molecule has 0 saturated carbocycles. The minimum absolute atomic E-state index is 0.0764. The van der Waals surface area contributed by atoms with Crippen LogP contribution in [-0.4, -0.2) is 14.9 Å². The number of nitrogens with zero attached hydrogens (tertiary/aromatic N) is 3. The van der Waals surface area contributed by atoms with E-state index in [1.54, 1.807) is 0 Å². The van der Waals surface area contributed by atoms with Crippen molar-refractivity contribution in [2.45, 2.75) is 26.7 Å². The molecule has 0 N–H and O–H groups in total. The maximum absolute atomic E-state index is 10.7. The van der Waals surface area contributed by atoms with Crippen LogP contribution in [0.3, 0.4) is 0 Å². The summed E-state index contributed by atoms with van der Waals surface area (Å²) in [5.41, 5.74) is 1.10. The van der Waals surface area contributed by atoms with Gasteiger partial charge in [0.15, 0.2) is 0 Å². The third kappa shape index (κ3) is 1.80. The van der Waals surface area contributed by atoms with Crippen molar-refractivity contribution >= 4 is 5.69 Å². The van der Waals surface area contributed by atoms with Crippen LogP contribution in [-0.2, 0) is 12.8 Å². The molecule has 0 bridgehead atoms. The summed E-state index contributed by atoms with van der Waals surface area (Å²) in [5, 5.41) is 10.7. The fourth-order valence-corrected chi connectivity index (χ4v) is 1.19. The van der Waals surface area contributed by atoms with Gasteiger partial charge in [0.05, 0.1) is 4.92 Å². The van der Waals surface area contributed by atoms with Gasteiger partial charge in [0.2, 0.25) is 0 Å². The Morgan fingerprint density at radius 1 is 1.31 bits per heavy atom. The van der Waals surface area contributed by atoms with E-state index in [2.05, 4.69) is 9.97 Å². The molecule has 0 saturated heterocycles. The van der Waals surface area contributed by atoms with E-state index in [9.17, 15) is 10.1 Å². The van der Waals surface area contributed by atoms with Crippen molar-refractivity contribution < 1.29 is 4.92 Å². The molecular weight excluding hydrogens is 170 g/mol. The molecule has 5 nitrogen and oxygen atoms in total. The molecule has 1 aromatic heterocycles. The fourth-order valence-electron chi connectivity index (χ4n) is 1.19. The highest BCUT2D eigenvalue weighted by Crippen LogP contribution is 2.20. The van der Waals surface area contributed by atoms with Crippen LogP contribution < -0.4 is 0 Å². The van der Waals surface area contributed by atoms with Gasteiger partial charge in [-0.3, -0.25) is 10.1 Å². The molecule has 0 aliphatic rings. The average molecular weight is 181 g/mol. The van der Waals surface area contributed by atoms with Crippen molar-refractivity contribution in [2.75, 3.05) is 0 Å². The first-order valence-corrected chi connectivity index (χ1v) is 4.17. The normalized spacial score (nSPS) is 10.0. The Labute approximate surface area is 76.0 Å². The SMILES string of the molecule is CCc1ncnc(CC)c1[N+](=O)[O-]. The Balaban J connectivity index is 3.29. The van der Waals surface area contributed by atoms with Crippen LogP contribution in [0.5, 0.6) is 0 Å². The predicted octanol–water partition coefficient (Wildman–Crippen LogP) is 1.51. The van der Waals surface area contributed by atoms with Gasteiger partial charge >= 0.3 is 5.69 Å². The Bertz CT molecular complexity index is 303. The summed E-state index contributed by atoms with van der Waals surface area (Å²) >= 11 is 0. The molecule has 0 radical (unpaired) electrons. The molecule has 13 heavy (non-hydrogen) atoms. The Morgan fingerprint density at radius 2 is 1.77 bits per heavy atom. The Hall–Kier alpha value is -1.52. The van der Waals surface area contributed by atoms with Crippen LogP contribution in [0, 0.1) is 10.1 Å². The highest BCUT2D eigenvalue weighted by Gasteiger charge is 2.19. The van der Waals surface area contributed by atoms with Gasteiger partial charge in [0, 0.05) is 0 Å². The lowest BCUT2D eigenvalue weighted by molar-refractivity contribution is -0.387. The summed E-state index contributed by atoms with van der Waals surface area (Å²) in [6.45, 7) is 3.68.